The summed E-state index contributed by atoms with van der Waals surface area (Å²) in [7, 11) is 0. The molecule has 1 aliphatic rings. The number of ether oxygens (including phenoxy) is 1. The van der Waals surface area contributed by atoms with E-state index < -0.39 is 0 Å². The molecule has 0 aliphatic carbocycles. The topological polar surface area (TPSA) is 54.5 Å². The number of morpholine rings is 1. The Morgan fingerprint density at radius 3 is 2.91 bits per heavy atom. The number of carbonyl (C=O) groups excluding carboxylic acids is 1. The number of thiophene rings is 1. The number of hydrogen-bond acceptors (Lipinski definition) is 5. The standard InChI is InChI=1S/C16H19N3O2S/c20-16(13-3-1-5-17-11-13)18-12-14(15-4-2-10-22-15)19-6-8-21-9-7-19/h1-5,10-11,14H,6-9,12H2,(H,18,20)/t14-/m1/s1. The largest absolute Gasteiger partial charge is 0.379 e. The lowest BCUT2D eigenvalue weighted by Gasteiger charge is -2.34. The third-order valence-corrected chi connectivity index (χ3v) is 4.71. The van der Waals surface area contributed by atoms with Gasteiger partial charge in [-0.1, -0.05) is 6.07 Å². The van der Waals surface area contributed by atoms with Crippen LogP contribution in [0.25, 0.3) is 0 Å². The molecule has 1 aliphatic heterocycles. The van der Waals surface area contributed by atoms with Crippen molar-refractivity contribution in [3.8, 4) is 0 Å². The van der Waals surface area contributed by atoms with Gasteiger partial charge in [0.15, 0.2) is 0 Å². The lowest BCUT2D eigenvalue weighted by molar-refractivity contribution is 0.0169. The lowest BCUT2D eigenvalue weighted by Crippen LogP contribution is -2.43. The second kappa shape index (κ2) is 7.49. The van der Waals surface area contributed by atoms with Crippen molar-refractivity contribution >= 4 is 17.2 Å². The molecule has 5 nitrogen and oxygen atoms in total. The number of rotatable bonds is 5. The van der Waals surface area contributed by atoms with Crippen LogP contribution in [-0.4, -0.2) is 48.6 Å². The first-order valence-corrected chi connectivity index (χ1v) is 8.26. The first-order chi connectivity index (χ1) is 10.8. The van der Waals surface area contributed by atoms with Gasteiger partial charge in [0.1, 0.15) is 0 Å². The molecule has 0 radical (unpaired) electrons. The quantitative estimate of drug-likeness (QED) is 0.916. The maximum atomic E-state index is 12.2. The van der Waals surface area contributed by atoms with Crippen molar-refractivity contribution in [2.24, 2.45) is 0 Å². The molecule has 0 spiro atoms. The van der Waals surface area contributed by atoms with Crippen molar-refractivity contribution in [3.05, 3.63) is 52.5 Å². The molecule has 1 atom stereocenters. The van der Waals surface area contributed by atoms with Gasteiger partial charge in [0.2, 0.25) is 0 Å². The van der Waals surface area contributed by atoms with Crippen molar-refractivity contribution in [2.75, 3.05) is 32.8 Å². The molecule has 1 amide bonds. The fraction of sp³-hybridized carbons (Fsp3) is 0.375. The highest BCUT2D eigenvalue weighted by molar-refractivity contribution is 7.10. The number of aromatic nitrogens is 1. The first-order valence-electron chi connectivity index (χ1n) is 7.38. The van der Waals surface area contributed by atoms with Crippen LogP contribution >= 0.6 is 11.3 Å². The van der Waals surface area contributed by atoms with Gasteiger partial charge >= 0.3 is 0 Å². The summed E-state index contributed by atoms with van der Waals surface area (Å²) in [6, 6.07) is 7.92. The van der Waals surface area contributed by atoms with Gasteiger partial charge in [-0.3, -0.25) is 14.7 Å². The Hall–Kier alpha value is -1.76. The van der Waals surface area contributed by atoms with Crippen molar-refractivity contribution in [1.82, 2.24) is 15.2 Å². The van der Waals surface area contributed by atoms with Crippen LogP contribution in [0.2, 0.25) is 0 Å². The molecule has 2 aromatic heterocycles. The molecule has 0 unspecified atom stereocenters. The third-order valence-electron chi connectivity index (χ3n) is 3.74. The maximum Gasteiger partial charge on any atom is 0.252 e. The second-order valence-corrected chi connectivity index (χ2v) is 6.11. The zero-order chi connectivity index (χ0) is 15.2. The summed E-state index contributed by atoms with van der Waals surface area (Å²) in [6.45, 7) is 3.88. The summed E-state index contributed by atoms with van der Waals surface area (Å²) in [4.78, 5) is 19.8. The number of hydrogen-bond donors (Lipinski definition) is 1. The third kappa shape index (κ3) is 3.71. The Labute approximate surface area is 133 Å². The minimum Gasteiger partial charge on any atom is -0.379 e. The molecular weight excluding hydrogens is 298 g/mol. The second-order valence-electron chi connectivity index (χ2n) is 5.13. The molecule has 116 valence electrons. The highest BCUT2D eigenvalue weighted by Gasteiger charge is 2.24. The number of nitrogens with one attached hydrogen (secondary N) is 1. The Morgan fingerprint density at radius 1 is 1.36 bits per heavy atom. The van der Waals surface area contributed by atoms with Crippen LogP contribution < -0.4 is 5.32 Å². The Morgan fingerprint density at radius 2 is 2.23 bits per heavy atom. The van der Waals surface area contributed by atoms with Gasteiger partial charge in [0, 0.05) is 36.9 Å². The van der Waals surface area contributed by atoms with Crippen molar-refractivity contribution in [2.45, 2.75) is 6.04 Å². The molecule has 1 fully saturated rings. The minimum atomic E-state index is -0.0806. The van der Waals surface area contributed by atoms with Gasteiger partial charge < -0.3 is 10.1 Å². The lowest BCUT2D eigenvalue weighted by atomic mass is 10.1. The van der Waals surface area contributed by atoms with Gasteiger partial charge in [-0.05, 0) is 23.6 Å². The molecule has 3 heterocycles. The fourth-order valence-electron chi connectivity index (χ4n) is 2.57. The number of nitrogens with zero attached hydrogens (tertiary/aromatic N) is 2. The summed E-state index contributed by atoms with van der Waals surface area (Å²) in [5.41, 5.74) is 0.592. The average molecular weight is 317 g/mol. The first kappa shape index (κ1) is 15.1. The molecule has 0 saturated carbocycles. The minimum absolute atomic E-state index is 0.0806. The van der Waals surface area contributed by atoms with Crippen LogP contribution in [0.5, 0.6) is 0 Å². The summed E-state index contributed by atoms with van der Waals surface area (Å²) < 4.78 is 5.43. The number of amides is 1. The maximum absolute atomic E-state index is 12.2. The van der Waals surface area contributed by atoms with E-state index in [1.165, 1.54) is 4.88 Å². The summed E-state index contributed by atoms with van der Waals surface area (Å²) in [6.07, 6.45) is 3.25. The van der Waals surface area contributed by atoms with Crippen molar-refractivity contribution in [1.29, 1.82) is 0 Å². The van der Waals surface area contributed by atoms with E-state index in [0.29, 0.717) is 12.1 Å². The van der Waals surface area contributed by atoms with E-state index in [1.807, 2.05) is 0 Å². The Balaban J connectivity index is 1.66. The summed E-state index contributed by atoms with van der Waals surface area (Å²) in [5.74, 6) is -0.0806. The van der Waals surface area contributed by atoms with E-state index in [4.69, 9.17) is 4.74 Å². The highest BCUT2D eigenvalue weighted by Crippen LogP contribution is 2.25. The Kier molecular flexibility index (Phi) is 5.15. The smallest absolute Gasteiger partial charge is 0.252 e. The molecule has 3 rings (SSSR count). The van der Waals surface area contributed by atoms with Crippen molar-refractivity contribution < 1.29 is 9.53 Å². The zero-order valence-electron chi connectivity index (χ0n) is 12.3. The number of carbonyl (C=O) groups is 1. The SMILES string of the molecule is O=C(NC[C@H](c1cccs1)N1CCOCC1)c1cccnc1. The summed E-state index contributed by atoms with van der Waals surface area (Å²) in [5, 5.41) is 5.10. The van der Waals surface area contributed by atoms with E-state index in [9.17, 15) is 4.79 Å². The molecule has 22 heavy (non-hydrogen) atoms. The highest BCUT2D eigenvalue weighted by atomic mass is 32.1. The van der Waals surface area contributed by atoms with E-state index in [-0.39, 0.29) is 11.9 Å². The normalized spacial score (nSPS) is 17.1. The molecule has 6 heteroatoms. The van der Waals surface area contributed by atoms with Crippen LogP contribution in [0, 0.1) is 0 Å². The Bertz CT molecular complexity index is 583. The predicted octanol–water partition coefficient (Wildman–Crippen LogP) is 1.95. The average Bonchev–Trinajstić information content (AvgIpc) is 3.11. The molecular formula is C16H19N3O2S. The van der Waals surface area contributed by atoms with E-state index in [1.54, 1.807) is 35.9 Å². The van der Waals surface area contributed by atoms with Gasteiger partial charge in [-0.15, -0.1) is 11.3 Å². The number of pyridine rings is 1. The zero-order valence-corrected chi connectivity index (χ0v) is 13.1. The monoisotopic (exact) mass is 317 g/mol. The van der Waals surface area contributed by atoms with Crippen LogP contribution in [0.15, 0.2) is 42.0 Å². The van der Waals surface area contributed by atoms with Crippen LogP contribution in [0.3, 0.4) is 0 Å². The molecule has 2 aromatic rings. The molecule has 0 bridgehead atoms. The van der Waals surface area contributed by atoms with E-state index >= 15 is 0 Å². The van der Waals surface area contributed by atoms with E-state index in [2.05, 4.69) is 32.7 Å². The van der Waals surface area contributed by atoms with Crippen LogP contribution in [-0.2, 0) is 4.74 Å². The van der Waals surface area contributed by atoms with Gasteiger partial charge in [-0.2, -0.15) is 0 Å². The summed E-state index contributed by atoms with van der Waals surface area (Å²) >= 11 is 1.73. The van der Waals surface area contributed by atoms with Gasteiger partial charge in [0.05, 0.1) is 24.8 Å². The van der Waals surface area contributed by atoms with Crippen molar-refractivity contribution in [3.63, 3.8) is 0 Å². The predicted molar refractivity (Wildman–Crippen MR) is 86.0 cm³/mol. The van der Waals surface area contributed by atoms with Crippen LogP contribution in [0.1, 0.15) is 21.3 Å². The fourth-order valence-corrected chi connectivity index (χ4v) is 3.43. The molecule has 1 N–H and O–H groups in total. The van der Waals surface area contributed by atoms with Crippen LogP contribution in [0.4, 0.5) is 0 Å². The molecule has 0 aromatic carbocycles. The van der Waals surface area contributed by atoms with E-state index in [0.717, 1.165) is 26.3 Å². The van der Waals surface area contributed by atoms with Gasteiger partial charge in [-0.25, -0.2) is 0 Å². The van der Waals surface area contributed by atoms with Gasteiger partial charge in [0.25, 0.3) is 5.91 Å². The molecule has 1 saturated heterocycles.